The summed E-state index contributed by atoms with van der Waals surface area (Å²) in [6.45, 7) is 0. The molecule has 4 heteroatoms. The van der Waals surface area contributed by atoms with Gasteiger partial charge in [0, 0.05) is 43.3 Å². The normalized spacial score (nSPS) is 33.1. The van der Waals surface area contributed by atoms with Gasteiger partial charge in [-0.25, -0.2) is 0 Å². The highest BCUT2D eigenvalue weighted by Crippen LogP contribution is 2.65. The molecule has 0 N–H and O–H groups in total. The summed E-state index contributed by atoms with van der Waals surface area (Å²) in [4.78, 5) is 5.67. The van der Waals surface area contributed by atoms with Gasteiger partial charge in [0.05, 0.1) is 8.47 Å². The van der Waals surface area contributed by atoms with Gasteiger partial charge < -0.3 is 0 Å². The molecule has 0 bridgehead atoms. The van der Waals surface area contributed by atoms with Crippen molar-refractivity contribution in [3.8, 4) is 49.4 Å². The van der Waals surface area contributed by atoms with Gasteiger partial charge in [-0.15, -0.1) is 49.4 Å². The average Bonchev–Trinajstić information content (AvgIpc) is 3.28. The second kappa shape index (κ2) is 7.47. The third-order valence-corrected chi connectivity index (χ3v) is 11.1. The van der Waals surface area contributed by atoms with Crippen molar-refractivity contribution in [3.05, 3.63) is 28.1 Å². The predicted molar refractivity (Wildman–Crippen MR) is 119 cm³/mol. The third kappa shape index (κ3) is 3.15. The highest BCUT2D eigenvalue weighted by Gasteiger charge is 2.38. The van der Waals surface area contributed by atoms with Gasteiger partial charge >= 0.3 is 0 Å². The Morgan fingerprint density at radius 2 is 0.731 bits per heavy atom. The lowest BCUT2D eigenvalue weighted by Gasteiger charge is -2.24. The predicted octanol–water partition coefficient (Wildman–Crippen LogP) is 6.08. The first-order chi connectivity index (χ1) is 12.7. The van der Waals surface area contributed by atoms with Crippen LogP contribution in [0.4, 0.5) is 0 Å². The zero-order valence-corrected chi connectivity index (χ0v) is 17.3. The summed E-state index contributed by atoms with van der Waals surface area (Å²) in [7, 11) is 0. The highest BCUT2D eigenvalue weighted by molar-refractivity contribution is 8.34. The number of terminal acetylenes is 4. The maximum Gasteiger partial charge on any atom is 0.0700 e. The second-order valence-corrected chi connectivity index (χ2v) is 11.5. The Morgan fingerprint density at radius 3 is 0.923 bits per heavy atom. The summed E-state index contributed by atoms with van der Waals surface area (Å²) < 4.78 is 2.75. The van der Waals surface area contributed by atoms with E-state index in [4.69, 9.17) is 25.7 Å². The molecule has 4 unspecified atom stereocenters. The fourth-order valence-corrected chi connectivity index (χ4v) is 9.68. The molecule has 4 aliphatic rings. The quantitative estimate of drug-likeness (QED) is 0.445. The van der Waals surface area contributed by atoms with E-state index in [-0.39, 0.29) is 23.7 Å². The van der Waals surface area contributed by atoms with E-state index in [0.717, 1.165) is 25.7 Å². The lowest BCUT2D eigenvalue weighted by Crippen LogP contribution is -2.16. The first kappa shape index (κ1) is 18.2. The van der Waals surface area contributed by atoms with E-state index < -0.39 is 0 Å². The van der Waals surface area contributed by atoms with E-state index in [9.17, 15) is 0 Å². The van der Waals surface area contributed by atoms with Gasteiger partial charge in [0.2, 0.25) is 0 Å². The Bertz CT molecular complexity index is 771. The van der Waals surface area contributed by atoms with Gasteiger partial charge in [-0.2, -0.15) is 0 Å². The maximum atomic E-state index is 5.70. The van der Waals surface area contributed by atoms with Crippen molar-refractivity contribution >= 4 is 47.0 Å². The van der Waals surface area contributed by atoms with Gasteiger partial charge in [0.1, 0.15) is 0 Å². The Hall–Kier alpha value is -1.14. The number of hydrogen-bond acceptors (Lipinski definition) is 4. The maximum absolute atomic E-state index is 5.70. The van der Waals surface area contributed by atoms with Crippen LogP contribution in [0.2, 0.25) is 0 Å². The van der Waals surface area contributed by atoms with Crippen LogP contribution in [-0.4, -0.2) is 0 Å². The van der Waals surface area contributed by atoms with Crippen LogP contribution in [0.5, 0.6) is 0 Å². The highest BCUT2D eigenvalue weighted by atomic mass is 32.2. The van der Waals surface area contributed by atoms with Gasteiger partial charge in [-0.1, -0.05) is 47.0 Å². The average molecular weight is 409 g/mol. The zero-order chi connectivity index (χ0) is 18.3. The Balaban J connectivity index is 1.51. The van der Waals surface area contributed by atoms with Crippen molar-refractivity contribution < 1.29 is 0 Å². The van der Waals surface area contributed by atoms with E-state index in [1.54, 1.807) is 0 Å². The van der Waals surface area contributed by atoms with Crippen molar-refractivity contribution in [2.24, 2.45) is 23.7 Å². The molecule has 0 aromatic heterocycles. The Labute approximate surface area is 173 Å². The molecule has 0 fully saturated rings. The first-order valence-electron chi connectivity index (χ1n) is 8.41. The van der Waals surface area contributed by atoms with Crippen molar-refractivity contribution in [2.45, 2.75) is 25.7 Å². The Morgan fingerprint density at radius 1 is 0.500 bits per heavy atom. The molecule has 0 spiro atoms. The van der Waals surface area contributed by atoms with Crippen molar-refractivity contribution in [1.29, 1.82) is 0 Å². The Kier molecular flexibility index (Phi) is 5.24. The summed E-state index contributed by atoms with van der Waals surface area (Å²) in [5.74, 6) is 12.2. The van der Waals surface area contributed by atoms with Crippen molar-refractivity contribution in [1.82, 2.24) is 0 Å². The molecule has 2 aliphatic heterocycles. The molecule has 0 saturated heterocycles. The molecular formula is C22H16S4. The lowest BCUT2D eigenvalue weighted by atomic mass is 9.84. The van der Waals surface area contributed by atoms with Crippen LogP contribution in [0.3, 0.4) is 0 Å². The smallest absolute Gasteiger partial charge is 0.0700 e. The molecule has 0 aromatic rings. The number of rotatable bonds is 0. The molecule has 4 rings (SSSR count). The molecule has 0 amide bonds. The number of thioether (sulfide) groups is 4. The lowest BCUT2D eigenvalue weighted by molar-refractivity contribution is 0.489. The molecule has 2 aliphatic carbocycles. The van der Waals surface area contributed by atoms with Crippen LogP contribution >= 0.6 is 47.0 Å². The zero-order valence-electron chi connectivity index (χ0n) is 14.1. The minimum atomic E-state index is 0.166. The molecule has 26 heavy (non-hydrogen) atoms. The molecule has 4 atom stereocenters. The standard InChI is InChI=1S/C22H16S4/c1-5-13-9-17-18(10-14(13)6-2)24-21(23-17)22-25-19-11-15(7-3)16(8-4)12-20(19)26-22/h1-4,13-16H,9-12H2. The molecule has 0 nitrogen and oxygen atoms in total. The van der Waals surface area contributed by atoms with Crippen LogP contribution in [0.1, 0.15) is 25.7 Å². The molecular weight excluding hydrogens is 393 g/mol. The molecule has 2 heterocycles. The van der Waals surface area contributed by atoms with Crippen molar-refractivity contribution in [2.75, 3.05) is 0 Å². The van der Waals surface area contributed by atoms with Crippen LogP contribution in [0, 0.1) is 73.0 Å². The van der Waals surface area contributed by atoms with Gasteiger partial charge in [-0.3, -0.25) is 0 Å². The molecule has 0 radical (unpaired) electrons. The topological polar surface area (TPSA) is 0 Å². The minimum Gasteiger partial charge on any atom is -0.120 e. The second-order valence-electron chi connectivity index (χ2n) is 6.59. The van der Waals surface area contributed by atoms with E-state index >= 15 is 0 Å². The summed E-state index contributed by atoms with van der Waals surface area (Å²) in [6.07, 6.45) is 26.4. The summed E-state index contributed by atoms with van der Waals surface area (Å²) in [5, 5.41) is 0. The van der Waals surface area contributed by atoms with Gasteiger partial charge in [0.25, 0.3) is 0 Å². The minimum absolute atomic E-state index is 0.166. The molecule has 0 saturated carbocycles. The summed E-state index contributed by atoms with van der Waals surface area (Å²) in [5.41, 5.74) is 0. The van der Waals surface area contributed by atoms with Crippen molar-refractivity contribution in [3.63, 3.8) is 0 Å². The van der Waals surface area contributed by atoms with Crippen LogP contribution < -0.4 is 0 Å². The van der Waals surface area contributed by atoms with E-state index in [1.165, 1.54) is 28.1 Å². The largest absolute Gasteiger partial charge is 0.120 e. The molecule has 0 aromatic carbocycles. The van der Waals surface area contributed by atoms with Gasteiger partial charge in [0.15, 0.2) is 0 Å². The summed E-state index contributed by atoms with van der Waals surface area (Å²) in [6, 6.07) is 0. The van der Waals surface area contributed by atoms with E-state index in [1.807, 2.05) is 47.0 Å². The van der Waals surface area contributed by atoms with Crippen LogP contribution in [0.25, 0.3) is 0 Å². The summed E-state index contributed by atoms with van der Waals surface area (Å²) >= 11 is 7.56. The first-order valence-corrected chi connectivity index (χ1v) is 11.7. The SMILES string of the molecule is C#CC1CC2=C(CC1C#C)SC(=C1SC3=C(CC(C#C)C(C#C)C3)S1)S2. The molecule has 128 valence electrons. The third-order valence-electron chi connectivity index (χ3n) is 5.10. The van der Waals surface area contributed by atoms with Crippen LogP contribution in [-0.2, 0) is 0 Å². The van der Waals surface area contributed by atoms with E-state index in [0.29, 0.717) is 0 Å². The monoisotopic (exact) mass is 408 g/mol. The fraction of sp³-hybridized carbons (Fsp3) is 0.364. The van der Waals surface area contributed by atoms with Crippen LogP contribution in [0.15, 0.2) is 28.1 Å². The fourth-order valence-electron chi connectivity index (χ4n) is 3.57. The van der Waals surface area contributed by atoms with Gasteiger partial charge in [-0.05, 0) is 25.7 Å². The number of hydrogen-bond donors (Lipinski definition) is 0. The van der Waals surface area contributed by atoms with E-state index in [2.05, 4.69) is 23.7 Å². The number of allylic oxidation sites excluding steroid dienone is 4.